The third-order valence-electron chi connectivity index (χ3n) is 2.86. The summed E-state index contributed by atoms with van der Waals surface area (Å²) in [5.74, 6) is 1.54. The molecule has 0 bridgehead atoms. The van der Waals surface area contributed by atoms with Crippen LogP contribution in [0.5, 0.6) is 11.5 Å². The Morgan fingerprint density at radius 3 is 1.41 bits per heavy atom. The van der Waals surface area contributed by atoms with E-state index in [0.29, 0.717) is 0 Å². The first-order chi connectivity index (χ1) is 10.9. The fraction of sp³-hybridized carbons (Fsp3) is 0. The maximum absolute atomic E-state index is 5.95. The zero-order valence-electron chi connectivity index (χ0n) is 11.9. The van der Waals surface area contributed by atoms with Crippen LogP contribution in [0.4, 0.5) is 5.69 Å². The Balaban J connectivity index is 1.75. The fourth-order valence-corrected chi connectivity index (χ4v) is 2.95. The highest BCUT2D eigenvalue weighted by molar-refractivity contribution is 7.49. The lowest BCUT2D eigenvalue weighted by Crippen LogP contribution is -2.04. The second-order valence-electron chi connectivity index (χ2n) is 4.54. The molecule has 0 aliphatic rings. The van der Waals surface area contributed by atoms with Gasteiger partial charge < -0.3 is 9.05 Å². The van der Waals surface area contributed by atoms with Crippen molar-refractivity contribution in [2.75, 3.05) is 5.09 Å². The molecule has 0 heterocycles. The molecule has 0 aromatic heterocycles. The molecule has 0 aliphatic heterocycles. The Labute approximate surface area is 131 Å². The monoisotopic (exact) mass is 309 g/mol. The maximum atomic E-state index is 5.95. The molecule has 0 atom stereocenters. The first-order valence-electron chi connectivity index (χ1n) is 6.98. The van der Waals surface area contributed by atoms with Gasteiger partial charge in [0, 0.05) is 5.69 Å². The number of anilines is 1. The third kappa shape index (κ3) is 4.24. The molecule has 0 aliphatic carbocycles. The molecule has 0 saturated heterocycles. The van der Waals surface area contributed by atoms with Crippen molar-refractivity contribution in [3.05, 3.63) is 91.0 Å². The molecule has 1 N–H and O–H groups in total. The normalized spacial score (nSPS) is 10.2. The summed E-state index contributed by atoms with van der Waals surface area (Å²) in [6.07, 6.45) is 0. The molecule has 0 fully saturated rings. The Morgan fingerprint density at radius 1 is 0.545 bits per heavy atom. The molecular weight excluding hydrogens is 293 g/mol. The maximum Gasteiger partial charge on any atom is 0.414 e. The number of rotatable bonds is 6. The highest BCUT2D eigenvalue weighted by Gasteiger charge is 2.15. The first-order valence-corrected chi connectivity index (χ1v) is 8.16. The Bertz CT molecular complexity index is 579. The summed E-state index contributed by atoms with van der Waals surface area (Å²) in [4.78, 5) is 0. The van der Waals surface area contributed by atoms with Crippen LogP contribution in [0.3, 0.4) is 0 Å². The summed E-state index contributed by atoms with van der Waals surface area (Å²) < 4.78 is 11.9. The van der Waals surface area contributed by atoms with E-state index < -0.39 is 8.53 Å². The van der Waals surface area contributed by atoms with E-state index in [1.165, 1.54) is 0 Å². The van der Waals surface area contributed by atoms with E-state index >= 15 is 0 Å². The molecule has 0 unspecified atom stereocenters. The number of benzene rings is 3. The largest absolute Gasteiger partial charge is 0.423 e. The Morgan fingerprint density at radius 2 is 0.955 bits per heavy atom. The number of hydrogen-bond donors (Lipinski definition) is 1. The second kappa shape index (κ2) is 7.48. The van der Waals surface area contributed by atoms with Crippen molar-refractivity contribution in [3.63, 3.8) is 0 Å². The van der Waals surface area contributed by atoms with Crippen molar-refractivity contribution in [3.8, 4) is 11.5 Å². The SMILES string of the molecule is c1ccc(NP(Oc2ccccc2)Oc2ccccc2)cc1. The molecule has 0 saturated carbocycles. The Kier molecular flexibility index (Phi) is 4.91. The van der Waals surface area contributed by atoms with E-state index in [-0.39, 0.29) is 0 Å². The van der Waals surface area contributed by atoms with E-state index in [0.717, 1.165) is 17.2 Å². The lowest BCUT2D eigenvalue weighted by molar-refractivity contribution is 0.496. The minimum absolute atomic E-state index is 0.771. The van der Waals surface area contributed by atoms with Crippen molar-refractivity contribution in [2.24, 2.45) is 0 Å². The molecule has 0 radical (unpaired) electrons. The molecule has 110 valence electrons. The smallest absolute Gasteiger partial charge is 0.414 e. The predicted octanol–water partition coefficient (Wildman–Crippen LogP) is 5.48. The minimum atomic E-state index is -1.34. The molecule has 0 amide bonds. The first kappa shape index (κ1) is 14.4. The van der Waals surface area contributed by atoms with Crippen LogP contribution in [0.25, 0.3) is 0 Å². The summed E-state index contributed by atoms with van der Waals surface area (Å²) in [5.41, 5.74) is 0.959. The van der Waals surface area contributed by atoms with E-state index in [4.69, 9.17) is 9.05 Å². The van der Waals surface area contributed by atoms with Gasteiger partial charge in [-0.3, -0.25) is 5.09 Å². The zero-order chi connectivity index (χ0) is 15.0. The highest BCUT2D eigenvalue weighted by Crippen LogP contribution is 2.40. The average Bonchev–Trinajstić information content (AvgIpc) is 2.57. The van der Waals surface area contributed by atoms with Gasteiger partial charge in [0.05, 0.1) is 0 Å². The van der Waals surface area contributed by atoms with Gasteiger partial charge in [0.1, 0.15) is 11.5 Å². The van der Waals surface area contributed by atoms with Gasteiger partial charge in [0.2, 0.25) is 0 Å². The van der Waals surface area contributed by atoms with Gasteiger partial charge in [-0.25, -0.2) is 0 Å². The number of para-hydroxylation sites is 3. The summed E-state index contributed by atoms with van der Waals surface area (Å²) in [7, 11) is -1.34. The van der Waals surface area contributed by atoms with Gasteiger partial charge in [-0.15, -0.1) is 0 Å². The lowest BCUT2D eigenvalue weighted by Gasteiger charge is -2.19. The van der Waals surface area contributed by atoms with Crippen molar-refractivity contribution < 1.29 is 9.05 Å². The van der Waals surface area contributed by atoms with Gasteiger partial charge >= 0.3 is 8.53 Å². The summed E-state index contributed by atoms with van der Waals surface area (Å²) >= 11 is 0. The van der Waals surface area contributed by atoms with E-state index in [1.807, 2.05) is 91.0 Å². The summed E-state index contributed by atoms with van der Waals surface area (Å²) in [6.45, 7) is 0. The summed E-state index contributed by atoms with van der Waals surface area (Å²) in [5, 5.41) is 3.30. The van der Waals surface area contributed by atoms with E-state index in [2.05, 4.69) is 5.09 Å². The van der Waals surface area contributed by atoms with Crippen LogP contribution in [0.2, 0.25) is 0 Å². The van der Waals surface area contributed by atoms with Crippen LogP contribution < -0.4 is 14.1 Å². The van der Waals surface area contributed by atoms with Gasteiger partial charge in [-0.05, 0) is 36.4 Å². The van der Waals surface area contributed by atoms with Crippen molar-refractivity contribution in [2.45, 2.75) is 0 Å². The van der Waals surface area contributed by atoms with Gasteiger partial charge in [0.15, 0.2) is 0 Å². The van der Waals surface area contributed by atoms with Gasteiger partial charge in [0.25, 0.3) is 0 Å². The number of nitrogens with one attached hydrogen (secondary N) is 1. The molecule has 3 rings (SSSR count). The predicted molar refractivity (Wildman–Crippen MR) is 91.1 cm³/mol. The third-order valence-corrected chi connectivity index (χ3v) is 4.05. The van der Waals surface area contributed by atoms with Crippen LogP contribution in [-0.4, -0.2) is 0 Å². The Hall–Kier alpha value is -2.51. The molecule has 0 spiro atoms. The van der Waals surface area contributed by atoms with Crippen LogP contribution in [0.1, 0.15) is 0 Å². The van der Waals surface area contributed by atoms with Crippen LogP contribution in [-0.2, 0) is 0 Å². The standard InChI is InChI=1S/C18H16NO2P/c1-4-10-16(11-5-1)19-22(20-17-12-6-2-7-13-17)21-18-14-8-3-9-15-18/h1-15,19H. The van der Waals surface area contributed by atoms with Crippen molar-refractivity contribution in [1.82, 2.24) is 0 Å². The van der Waals surface area contributed by atoms with Crippen LogP contribution in [0, 0.1) is 0 Å². The number of hydrogen-bond acceptors (Lipinski definition) is 3. The quantitative estimate of drug-likeness (QED) is 0.611. The minimum Gasteiger partial charge on any atom is -0.423 e. The molecule has 3 aromatic carbocycles. The van der Waals surface area contributed by atoms with Crippen molar-refractivity contribution in [1.29, 1.82) is 0 Å². The van der Waals surface area contributed by atoms with Gasteiger partial charge in [-0.1, -0.05) is 54.6 Å². The molecular formula is C18H16NO2P. The van der Waals surface area contributed by atoms with Crippen molar-refractivity contribution >= 4 is 14.2 Å². The zero-order valence-corrected chi connectivity index (χ0v) is 12.8. The van der Waals surface area contributed by atoms with Crippen LogP contribution >= 0.6 is 8.53 Å². The summed E-state index contributed by atoms with van der Waals surface area (Å²) in [6, 6.07) is 29.2. The molecule has 3 aromatic rings. The van der Waals surface area contributed by atoms with Gasteiger partial charge in [-0.2, -0.15) is 0 Å². The average molecular weight is 309 g/mol. The fourth-order valence-electron chi connectivity index (χ4n) is 1.84. The lowest BCUT2D eigenvalue weighted by atomic mass is 10.3. The van der Waals surface area contributed by atoms with E-state index in [9.17, 15) is 0 Å². The molecule has 22 heavy (non-hydrogen) atoms. The van der Waals surface area contributed by atoms with E-state index in [1.54, 1.807) is 0 Å². The molecule has 4 heteroatoms. The second-order valence-corrected chi connectivity index (χ2v) is 5.65. The van der Waals surface area contributed by atoms with Crippen LogP contribution in [0.15, 0.2) is 91.0 Å². The molecule has 3 nitrogen and oxygen atoms in total. The topological polar surface area (TPSA) is 30.5 Å². The highest BCUT2D eigenvalue weighted by atomic mass is 31.2.